The number of hydroxylamine groups is 2. The maximum absolute atomic E-state index is 13.2. The maximum atomic E-state index is 13.2. The number of carboxylic acids is 1. The van der Waals surface area contributed by atoms with E-state index in [0.29, 0.717) is 13.0 Å². The minimum atomic E-state index is -1.66. The summed E-state index contributed by atoms with van der Waals surface area (Å²) in [6, 6.07) is 29.5. The molecule has 0 aliphatic rings. The monoisotopic (exact) mass is 642 g/mol. The molecule has 0 heterocycles. The van der Waals surface area contributed by atoms with Crippen molar-refractivity contribution in [2.75, 3.05) is 33.9 Å². The second-order valence-electron chi connectivity index (χ2n) is 11.7. The first-order valence-corrected chi connectivity index (χ1v) is 16.4. The van der Waals surface area contributed by atoms with E-state index in [2.05, 4.69) is 66.0 Å². The van der Waals surface area contributed by atoms with Crippen molar-refractivity contribution < 1.29 is 33.8 Å². The number of nitrogens with one attached hydrogen (secondary N) is 1. The maximum Gasteiger partial charge on any atom is 0.336 e. The van der Waals surface area contributed by atoms with Gasteiger partial charge >= 0.3 is 5.97 Å². The zero-order chi connectivity index (χ0) is 33.4. The second kappa shape index (κ2) is 18.7. The highest BCUT2D eigenvalue weighted by Crippen LogP contribution is 2.19. The van der Waals surface area contributed by atoms with Crippen LogP contribution in [0.2, 0.25) is 0 Å². The Hall–Kier alpha value is -4.31. The quantitative estimate of drug-likeness (QED) is 0.0883. The molecule has 0 saturated carbocycles. The van der Waals surface area contributed by atoms with Gasteiger partial charge in [0.05, 0.1) is 7.11 Å². The molecule has 4 aromatic carbocycles. The molecule has 2 atom stereocenters. The van der Waals surface area contributed by atoms with Crippen molar-refractivity contribution in [1.82, 2.24) is 10.4 Å². The van der Waals surface area contributed by atoms with E-state index in [1.165, 1.54) is 46.8 Å². The van der Waals surface area contributed by atoms with Crippen molar-refractivity contribution in [2.24, 2.45) is 0 Å². The van der Waals surface area contributed by atoms with Gasteiger partial charge in [-0.2, -0.15) is 0 Å². The van der Waals surface area contributed by atoms with Crippen LogP contribution in [-0.2, 0) is 41.5 Å². The number of carbonyl (C=O) groups is 3. The fourth-order valence-corrected chi connectivity index (χ4v) is 5.49. The van der Waals surface area contributed by atoms with Crippen molar-refractivity contribution >= 4 is 39.3 Å². The highest BCUT2D eigenvalue weighted by molar-refractivity contribution is 5.88. The molecule has 2 amide bonds. The van der Waals surface area contributed by atoms with Crippen LogP contribution in [0.5, 0.6) is 0 Å². The summed E-state index contributed by atoms with van der Waals surface area (Å²) in [5.74, 6) is -2.54. The van der Waals surface area contributed by atoms with Crippen molar-refractivity contribution in [3.05, 3.63) is 96.1 Å². The van der Waals surface area contributed by atoms with Crippen LogP contribution >= 0.6 is 0 Å². The van der Waals surface area contributed by atoms with Gasteiger partial charge in [-0.25, -0.2) is 9.86 Å². The second-order valence-corrected chi connectivity index (χ2v) is 11.7. The molecule has 0 radical (unpaired) electrons. The Balaban J connectivity index is 1.24. The lowest BCUT2D eigenvalue weighted by Crippen LogP contribution is -2.50. The van der Waals surface area contributed by atoms with Crippen molar-refractivity contribution in [3.63, 3.8) is 0 Å². The molecule has 47 heavy (non-hydrogen) atoms. The van der Waals surface area contributed by atoms with Crippen LogP contribution in [0.15, 0.2) is 84.9 Å². The van der Waals surface area contributed by atoms with Crippen molar-refractivity contribution in [1.29, 1.82) is 0 Å². The van der Waals surface area contributed by atoms with Crippen LogP contribution in [0, 0.1) is 0 Å². The molecule has 2 unspecified atom stereocenters. The summed E-state index contributed by atoms with van der Waals surface area (Å²) in [5, 5.41) is 18.5. The minimum Gasteiger partial charge on any atom is -0.479 e. The molecule has 0 aliphatic heterocycles. The molecule has 0 fully saturated rings. The number of likely N-dealkylation sites (N-methyl/N-ethyl adjacent to an activating group) is 1. The molecule has 0 spiro atoms. The number of hydrogen-bond acceptors (Lipinski definition) is 6. The summed E-state index contributed by atoms with van der Waals surface area (Å²) in [6.45, 7) is -0.0184. The predicted octanol–water partition coefficient (Wildman–Crippen LogP) is 6.11. The van der Waals surface area contributed by atoms with Crippen LogP contribution in [0.1, 0.15) is 49.7 Å². The van der Waals surface area contributed by atoms with Gasteiger partial charge in [-0.15, -0.1) is 0 Å². The Bertz CT molecular complexity index is 1610. The average molecular weight is 643 g/mol. The molecule has 2 N–H and O–H groups in total. The van der Waals surface area contributed by atoms with E-state index in [0.717, 1.165) is 50.0 Å². The lowest BCUT2D eigenvalue weighted by atomic mass is 10.0. The van der Waals surface area contributed by atoms with Gasteiger partial charge in [0.2, 0.25) is 0 Å². The summed E-state index contributed by atoms with van der Waals surface area (Å²) >= 11 is 0. The fraction of sp³-hybridized carbons (Fsp3) is 0.395. The zero-order valence-electron chi connectivity index (χ0n) is 27.4. The number of hydrogen-bond donors (Lipinski definition) is 2. The summed E-state index contributed by atoms with van der Waals surface area (Å²) in [6.07, 6.45) is 3.77. The molecule has 0 bridgehead atoms. The van der Waals surface area contributed by atoms with Gasteiger partial charge in [-0.1, -0.05) is 97.8 Å². The van der Waals surface area contributed by atoms with Crippen LogP contribution < -0.4 is 5.32 Å². The molecule has 0 saturated heterocycles. The number of benzene rings is 4. The standard InChI is InChI=1S/C38H46N2O7/c1-40(45-2)34(41)27-47-36(38(43)44)35(46-24-12-4-6-14-29-20-22-31-16-8-10-18-33(31)26-29)37(42)39-23-11-3-5-13-28-19-21-30-15-7-9-17-32(30)25-28/h7-10,15-22,25-26,35-36H,3-6,11-14,23-24,27H2,1-2H3,(H,39,42)(H,43,44). The van der Waals surface area contributed by atoms with Gasteiger partial charge in [0.25, 0.3) is 11.8 Å². The number of amides is 2. The molecule has 4 rings (SSSR count). The number of rotatable bonds is 20. The summed E-state index contributed by atoms with van der Waals surface area (Å²) in [5.41, 5.74) is 2.53. The third kappa shape index (κ3) is 11.2. The number of unbranched alkanes of at least 4 members (excludes halogenated alkanes) is 4. The van der Waals surface area contributed by atoms with E-state index in [1.54, 1.807) is 0 Å². The third-order valence-electron chi connectivity index (χ3n) is 8.26. The number of carboxylic acid groups (broad SMARTS) is 1. The molecule has 0 aliphatic carbocycles. The highest BCUT2D eigenvalue weighted by Gasteiger charge is 2.36. The van der Waals surface area contributed by atoms with Crippen molar-refractivity contribution in [3.8, 4) is 0 Å². The highest BCUT2D eigenvalue weighted by atomic mass is 16.7. The number of aliphatic carboxylic acids is 1. The Kier molecular flexibility index (Phi) is 14.2. The van der Waals surface area contributed by atoms with Crippen LogP contribution in [0.3, 0.4) is 0 Å². The summed E-state index contributed by atoms with van der Waals surface area (Å²) < 4.78 is 11.3. The first-order valence-electron chi connectivity index (χ1n) is 16.4. The van der Waals surface area contributed by atoms with Gasteiger partial charge in [0.15, 0.2) is 12.2 Å². The Labute approximate surface area is 276 Å². The fourth-order valence-electron chi connectivity index (χ4n) is 5.49. The van der Waals surface area contributed by atoms with Crippen LogP contribution in [0.25, 0.3) is 21.5 Å². The minimum absolute atomic E-state index is 0.181. The van der Waals surface area contributed by atoms with Crippen LogP contribution in [-0.4, -0.2) is 74.1 Å². The Morgan fingerprint density at radius 2 is 1.26 bits per heavy atom. The molecule has 4 aromatic rings. The number of nitrogens with zero attached hydrogens (tertiary/aromatic N) is 1. The molecule has 250 valence electrons. The number of ether oxygens (including phenoxy) is 2. The molecule has 9 heteroatoms. The van der Waals surface area contributed by atoms with Gasteiger partial charge in [-0.05, 0) is 71.2 Å². The number of fused-ring (bicyclic) bond motifs is 2. The number of aryl methyl sites for hydroxylation is 2. The lowest BCUT2D eigenvalue weighted by molar-refractivity contribution is -0.184. The van der Waals surface area contributed by atoms with E-state index in [-0.39, 0.29) is 6.61 Å². The van der Waals surface area contributed by atoms with Gasteiger partial charge in [0.1, 0.15) is 6.61 Å². The van der Waals surface area contributed by atoms with Crippen molar-refractivity contribution in [2.45, 2.75) is 63.6 Å². The largest absolute Gasteiger partial charge is 0.479 e. The van der Waals surface area contributed by atoms with Crippen LogP contribution in [0.4, 0.5) is 0 Å². The Morgan fingerprint density at radius 1 is 0.702 bits per heavy atom. The topological polar surface area (TPSA) is 114 Å². The zero-order valence-corrected chi connectivity index (χ0v) is 27.4. The normalized spacial score (nSPS) is 12.6. The predicted molar refractivity (Wildman–Crippen MR) is 183 cm³/mol. The van der Waals surface area contributed by atoms with Gasteiger partial charge in [0, 0.05) is 20.2 Å². The average Bonchev–Trinajstić information content (AvgIpc) is 3.09. The first-order chi connectivity index (χ1) is 22.9. The molecular weight excluding hydrogens is 596 g/mol. The smallest absolute Gasteiger partial charge is 0.336 e. The lowest BCUT2D eigenvalue weighted by Gasteiger charge is -2.24. The Morgan fingerprint density at radius 3 is 1.81 bits per heavy atom. The van der Waals surface area contributed by atoms with Gasteiger partial charge in [-0.3, -0.25) is 14.4 Å². The van der Waals surface area contributed by atoms with E-state index in [4.69, 9.17) is 14.3 Å². The van der Waals surface area contributed by atoms with E-state index in [9.17, 15) is 19.5 Å². The van der Waals surface area contributed by atoms with E-state index in [1.807, 2.05) is 24.3 Å². The SMILES string of the molecule is CON(C)C(=O)COC(C(=O)O)C(OCCCCCc1ccc2ccccc2c1)C(=O)NCCCCCc1ccc2ccccc2c1. The number of carbonyl (C=O) groups excluding carboxylic acids is 2. The molecular formula is C38H46N2O7. The van der Waals surface area contributed by atoms with E-state index < -0.39 is 36.6 Å². The first kappa shape index (κ1) is 35.5. The van der Waals surface area contributed by atoms with E-state index >= 15 is 0 Å². The molecule has 0 aromatic heterocycles. The molecule has 9 nitrogen and oxygen atoms in total. The third-order valence-corrected chi connectivity index (χ3v) is 8.26. The van der Waals surface area contributed by atoms with Gasteiger partial charge < -0.3 is 19.9 Å². The summed E-state index contributed by atoms with van der Waals surface area (Å²) in [7, 11) is 2.70. The summed E-state index contributed by atoms with van der Waals surface area (Å²) in [4.78, 5) is 42.4.